The molecule has 0 saturated carbocycles. The zero-order valence-corrected chi connectivity index (χ0v) is 13.5. The van der Waals surface area contributed by atoms with E-state index in [9.17, 15) is 9.18 Å². The van der Waals surface area contributed by atoms with Gasteiger partial charge in [-0.25, -0.2) is 4.39 Å². The predicted molar refractivity (Wildman–Crippen MR) is 89.0 cm³/mol. The molecule has 0 fully saturated rings. The lowest BCUT2D eigenvalue weighted by molar-refractivity contribution is -0.118. The molecule has 4 nitrogen and oxygen atoms in total. The molecule has 2 N–H and O–H groups in total. The second kappa shape index (κ2) is 7.74. The number of anilines is 1. The van der Waals surface area contributed by atoms with E-state index in [1.54, 1.807) is 26.2 Å². The SMILES string of the molecule is COc1ccccc1[C@@H](C)N[C@H](C)C(=O)Nc1ccccc1F. The summed E-state index contributed by atoms with van der Waals surface area (Å²) in [6, 6.07) is 13.1. The minimum absolute atomic E-state index is 0.0903. The number of halogens is 1. The van der Waals surface area contributed by atoms with Crippen LogP contribution < -0.4 is 15.4 Å². The van der Waals surface area contributed by atoms with Crippen LogP contribution in [0.1, 0.15) is 25.5 Å². The quantitative estimate of drug-likeness (QED) is 0.857. The van der Waals surface area contributed by atoms with Gasteiger partial charge in [-0.05, 0) is 32.0 Å². The topological polar surface area (TPSA) is 50.4 Å². The lowest BCUT2D eigenvalue weighted by Gasteiger charge is -2.21. The van der Waals surface area contributed by atoms with Crippen molar-refractivity contribution < 1.29 is 13.9 Å². The first-order chi connectivity index (χ1) is 11.0. The van der Waals surface area contributed by atoms with Gasteiger partial charge in [-0.2, -0.15) is 0 Å². The van der Waals surface area contributed by atoms with Crippen molar-refractivity contribution in [3.05, 3.63) is 59.9 Å². The van der Waals surface area contributed by atoms with Crippen LogP contribution in [0.2, 0.25) is 0 Å². The van der Waals surface area contributed by atoms with Crippen LogP contribution in [0, 0.1) is 5.82 Å². The summed E-state index contributed by atoms with van der Waals surface area (Å²) in [7, 11) is 1.61. The number of amides is 1. The summed E-state index contributed by atoms with van der Waals surface area (Å²) >= 11 is 0. The zero-order chi connectivity index (χ0) is 16.8. The van der Waals surface area contributed by atoms with Crippen LogP contribution in [0.25, 0.3) is 0 Å². The van der Waals surface area contributed by atoms with Gasteiger partial charge in [-0.3, -0.25) is 10.1 Å². The number of nitrogens with one attached hydrogen (secondary N) is 2. The molecule has 0 aliphatic carbocycles. The molecule has 5 heteroatoms. The van der Waals surface area contributed by atoms with Crippen LogP contribution in [-0.2, 0) is 4.79 Å². The van der Waals surface area contributed by atoms with Gasteiger partial charge in [0.1, 0.15) is 11.6 Å². The number of carbonyl (C=O) groups excluding carboxylic acids is 1. The second-order valence-corrected chi connectivity index (χ2v) is 5.32. The average Bonchev–Trinajstić information content (AvgIpc) is 2.56. The third-order valence-electron chi connectivity index (χ3n) is 3.63. The van der Waals surface area contributed by atoms with Gasteiger partial charge in [0.2, 0.25) is 5.91 Å². The average molecular weight is 316 g/mol. The Morgan fingerprint density at radius 2 is 1.74 bits per heavy atom. The fourth-order valence-electron chi connectivity index (χ4n) is 2.37. The Kier molecular flexibility index (Phi) is 5.71. The van der Waals surface area contributed by atoms with E-state index in [0.29, 0.717) is 0 Å². The summed E-state index contributed by atoms with van der Waals surface area (Å²) in [5.74, 6) is 0.0110. The van der Waals surface area contributed by atoms with Crippen molar-refractivity contribution in [1.82, 2.24) is 5.32 Å². The molecule has 0 saturated heterocycles. The highest BCUT2D eigenvalue weighted by Crippen LogP contribution is 2.24. The van der Waals surface area contributed by atoms with Gasteiger partial charge in [-0.1, -0.05) is 30.3 Å². The standard InChI is InChI=1S/C18H21FN2O2/c1-12(14-8-4-7-11-17(14)23-3)20-13(2)18(22)21-16-10-6-5-9-15(16)19/h4-13,20H,1-3H3,(H,21,22)/t12-,13-/m1/s1. The number of methoxy groups -OCH3 is 1. The maximum atomic E-state index is 13.6. The minimum Gasteiger partial charge on any atom is -0.496 e. The minimum atomic E-state index is -0.491. The lowest BCUT2D eigenvalue weighted by atomic mass is 10.1. The van der Waals surface area contributed by atoms with Crippen molar-refractivity contribution in [3.63, 3.8) is 0 Å². The third-order valence-corrected chi connectivity index (χ3v) is 3.63. The van der Waals surface area contributed by atoms with E-state index in [0.717, 1.165) is 11.3 Å². The summed E-state index contributed by atoms with van der Waals surface area (Å²) in [5, 5.41) is 5.78. The maximum absolute atomic E-state index is 13.6. The van der Waals surface area contributed by atoms with Crippen LogP contribution in [0.15, 0.2) is 48.5 Å². The summed E-state index contributed by atoms with van der Waals surface area (Å²) in [6.45, 7) is 3.69. The van der Waals surface area contributed by atoms with E-state index >= 15 is 0 Å². The number of hydrogen-bond donors (Lipinski definition) is 2. The molecular formula is C18H21FN2O2. The lowest BCUT2D eigenvalue weighted by Crippen LogP contribution is -2.39. The molecule has 0 aromatic heterocycles. The third kappa shape index (κ3) is 4.29. The van der Waals surface area contributed by atoms with Crippen molar-refractivity contribution in [2.45, 2.75) is 25.9 Å². The predicted octanol–water partition coefficient (Wildman–Crippen LogP) is 3.51. The van der Waals surface area contributed by atoms with Crippen LogP contribution in [0.5, 0.6) is 5.75 Å². The number of hydrogen-bond acceptors (Lipinski definition) is 3. The Labute approximate surface area is 135 Å². The van der Waals surface area contributed by atoms with Crippen molar-refractivity contribution in [2.75, 3.05) is 12.4 Å². The first-order valence-electron chi connectivity index (χ1n) is 7.47. The Morgan fingerprint density at radius 3 is 2.43 bits per heavy atom. The molecule has 0 unspecified atom stereocenters. The molecule has 0 spiro atoms. The molecule has 2 atom stereocenters. The summed E-state index contributed by atoms with van der Waals surface area (Å²) in [6.07, 6.45) is 0. The molecule has 23 heavy (non-hydrogen) atoms. The van der Waals surface area contributed by atoms with Gasteiger partial charge in [0.25, 0.3) is 0 Å². The summed E-state index contributed by atoms with van der Waals surface area (Å²) < 4.78 is 18.9. The van der Waals surface area contributed by atoms with Crippen LogP contribution in [0.3, 0.4) is 0 Å². The number of benzene rings is 2. The Bertz CT molecular complexity index is 676. The van der Waals surface area contributed by atoms with Gasteiger partial charge >= 0.3 is 0 Å². The number of ether oxygens (including phenoxy) is 1. The van der Waals surface area contributed by atoms with Crippen molar-refractivity contribution >= 4 is 11.6 Å². The van der Waals surface area contributed by atoms with Gasteiger partial charge in [0, 0.05) is 11.6 Å². The normalized spacial score (nSPS) is 13.2. The molecule has 0 bridgehead atoms. The van der Waals surface area contributed by atoms with E-state index in [1.165, 1.54) is 12.1 Å². The largest absolute Gasteiger partial charge is 0.496 e. The molecule has 0 heterocycles. The molecule has 2 aromatic carbocycles. The van der Waals surface area contributed by atoms with Crippen molar-refractivity contribution in [1.29, 1.82) is 0 Å². The number of rotatable bonds is 6. The van der Waals surface area contributed by atoms with Crippen LogP contribution >= 0.6 is 0 Å². The second-order valence-electron chi connectivity index (χ2n) is 5.32. The first kappa shape index (κ1) is 17.0. The maximum Gasteiger partial charge on any atom is 0.241 e. The number of para-hydroxylation sites is 2. The van der Waals surface area contributed by atoms with Crippen LogP contribution in [0.4, 0.5) is 10.1 Å². The molecule has 2 aromatic rings. The monoisotopic (exact) mass is 316 g/mol. The molecule has 1 amide bonds. The molecule has 0 aliphatic rings. The highest BCUT2D eigenvalue weighted by molar-refractivity contribution is 5.94. The highest BCUT2D eigenvalue weighted by Gasteiger charge is 2.19. The summed E-state index contributed by atoms with van der Waals surface area (Å²) in [4.78, 5) is 12.2. The molecule has 0 radical (unpaired) electrons. The van der Waals surface area contributed by atoms with Gasteiger partial charge in [-0.15, -0.1) is 0 Å². The molecule has 0 aliphatic heterocycles. The zero-order valence-electron chi connectivity index (χ0n) is 13.5. The van der Waals surface area contributed by atoms with Crippen molar-refractivity contribution in [2.24, 2.45) is 0 Å². The smallest absolute Gasteiger partial charge is 0.241 e. The van der Waals surface area contributed by atoms with E-state index in [1.807, 2.05) is 31.2 Å². The van der Waals surface area contributed by atoms with E-state index in [2.05, 4.69) is 10.6 Å². The van der Waals surface area contributed by atoms with Crippen molar-refractivity contribution in [3.8, 4) is 5.75 Å². The highest BCUT2D eigenvalue weighted by atomic mass is 19.1. The van der Waals surface area contributed by atoms with E-state index < -0.39 is 11.9 Å². The van der Waals surface area contributed by atoms with Gasteiger partial charge in [0.05, 0.1) is 18.8 Å². The summed E-state index contributed by atoms with van der Waals surface area (Å²) in [5.41, 5.74) is 1.14. The van der Waals surface area contributed by atoms with Crippen LogP contribution in [-0.4, -0.2) is 19.1 Å². The molecule has 122 valence electrons. The van der Waals surface area contributed by atoms with E-state index in [-0.39, 0.29) is 17.6 Å². The molecule has 2 rings (SSSR count). The van der Waals surface area contributed by atoms with Gasteiger partial charge in [0.15, 0.2) is 0 Å². The fourth-order valence-corrected chi connectivity index (χ4v) is 2.37. The van der Waals surface area contributed by atoms with E-state index in [4.69, 9.17) is 4.74 Å². The number of carbonyl (C=O) groups is 1. The Morgan fingerprint density at radius 1 is 1.09 bits per heavy atom. The molecular weight excluding hydrogens is 295 g/mol. The first-order valence-corrected chi connectivity index (χ1v) is 7.47. The fraction of sp³-hybridized carbons (Fsp3) is 0.278. The Balaban J connectivity index is 2.02. The Hall–Kier alpha value is -2.40. The van der Waals surface area contributed by atoms with Gasteiger partial charge < -0.3 is 10.1 Å².